The van der Waals surface area contributed by atoms with E-state index >= 15 is 0 Å². The number of fused-ring (bicyclic) bond motifs is 1. The van der Waals surface area contributed by atoms with Gasteiger partial charge in [-0.15, -0.1) is 0 Å². The van der Waals surface area contributed by atoms with Crippen molar-refractivity contribution >= 4 is 34.2 Å². The van der Waals surface area contributed by atoms with Crippen LogP contribution in [0.25, 0.3) is 11.0 Å². The van der Waals surface area contributed by atoms with Gasteiger partial charge in [0.2, 0.25) is 0 Å². The maximum absolute atomic E-state index is 12.0. The van der Waals surface area contributed by atoms with Gasteiger partial charge in [-0.05, 0) is 18.2 Å². The first-order valence-corrected chi connectivity index (χ1v) is 6.10. The quantitative estimate of drug-likeness (QED) is 0.781. The Balaban J connectivity index is 1.85. The number of carbonyl (C=O) groups is 1. The minimum absolute atomic E-state index is 0.189. The van der Waals surface area contributed by atoms with Gasteiger partial charge in [0.15, 0.2) is 0 Å². The summed E-state index contributed by atoms with van der Waals surface area (Å²) in [6.45, 7) is 0. The number of hydrogen-bond acceptors (Lipinski definition) is 5. The van der Waals surface area contributed by atoms with Crippen LogP contribution in [-0.2, 0) is 0 Å². The number of nitrogens with zero attached hydrogens (tertiary/aromatic N) is 4. The number of carbonyl (C=O) groups excluding carboxylic acids is 1. The highest BCUT2D eigenvalue weighted by molar-refractivity contribution is 6.29. The molecule has 1 N–H and O–H groups in total. The number of hydrogen-bond donors (Lipinski definition) is 1. The van der Waals surface area contributed by atoms with Gasteiger partial charge in [0.25, 0.3) is 5.91 Å². The number of aromatic nitrogens is 4. The van der Waals surface area contributed by atoms with Crippen LogP contribution in [0.15, 0.2) is 43.0 Å². The van der Waals surface area contributed by atoms with Crippen LogP contribution in [0.4, 0.5) is 5.69 Å². The van der Waals surface area contributed by atoms with Gasteiger partial charge < -0.3 is 5.32 Å². The number of benzene rings is 1. The molecule has 2 heterocycles. The van der Waals surface area contributed by atoms with Crippen molar-refractivity contribution in [1.29, 1.82) is 0 Å². The molecule has 2 aromatic heterocycles. The molecule has 0 unspecified atom stereocenters. The van der Waals surface area contributed by atoms with Gasteiger partial charge in [-0.1, -0.05) is 11.6 Å². The maximum atomic E-state index is 12.0. The monoisotopic (exact) mass is 285 g/mol. The fourth-order valence-electron chi connectivity index (χ4n) is 1.67. The predicted molar refractivity (Wildman–Crippen MR) is 74.5 cm³/mol. The lowest BCUT2D eigenvalue weighted by Crippen LogP contribution is -2.13. The van der Waals surface area contributed by atoms with Crippen molar-refractivity contribution in [2.75, 3.05) is 5.32 Å². The molecule has 3 aromatic rings. The van der Waals surface area contributed by atoms with E-state index in [-0.39, 0.29) is 16.8 Å². The van der Waals surface area contributed by atoms with Crippen molar-refractivity contribution in [2.45, 2.75) is 0 Å². The Morgan fingerprint density at radius 3 is 2.55 bits per heavy atom. The molecule has 0 aliphatic rings. The fraction of sp³-hybridized carbons (Fsp3) is 0. The molecule has 0 atom stereocenters. The normalized spacial score (nSPS) is 10.4. The molecule has 20 heavy (non-hydrogen) atoms. The third kappa shape index (κ3) is 2.55. The molecular formula is C13H8ClN5O. The molecule has 6 nitrogen and oxygen atoms in total. The summed E-state index contributed by atoms with van der Waals surface area (Å²) in [5.41, 5.74) is 2.26. The number of halogens is 1. The molecule has 0 fully saturated rings. The third-order valence-corrected chi connectivity index (χ3v) is 2.78. The lowest BCUT2D eigenvalue weighted by Gasteiger charge is -2.05. The molecule has 0 saturated heterocycles. The Morgan fingerprint density at radius 1 is 1.00 bits per heavy atom. The lowest BCUT2D eigenvalue weighted by molar-refractivity contribution is 0.102. The maximum Gasteiger partial charge on any atom is 0.275 e. The van der Waals surface area contributed by atoms with E-state index in [1.54, 1.807) is 30.6 Å². The minimum atomic E-state index is -0.364. The van der Waals surface area contributed by atoms with E-state index < -0.39 is 0 Å². The Hall–Kier alpha value is -2.60. The summed E-state index contributed by atoms with van der Waals surface area (Å²) in [5.74, 6) is -0.364. The van der Waals surface area contributed by atoms with Crippen molar-refractivity contribution in [3.05, 3.63) is 53.8 Å². The van der Waals surface area contributed by atoms with E-state index in [4.69, 9.17) is 11.6 Å². The molecule has 0 aliphatic heterocycles. The van der Waals surface area contributed by atoms with Gasteiger partial charge in [0.05, 0.1) is 23.4 Å². The average molecular weight is 286 g/mol. The Kier molecular flexibility index (Phi) is 3.22. The van der Waals surface area contributed by atoms with Gasteiger partial charge in [-0.25, -0.2) is 9.97 Å². The van der Waals surface area contributed by atoms with E-state index in [2.05, 4.69) is 25.3 Å². The van der Waals surface area contributed by atoms with Crippen molar-refractivity contribution in [3.63, 3.8) is 0 Å². The van der Waals surface area contributed by atoms with Crippen LogP contribution in [0.2, 0.25) is 5.15 Å². The highest BCUT2D eigenvalue weighted by Gasteiger charge is 2.08. The van der Waals surface area contributed by atoms with Crippen LogP contribution >= 0.6 is 11.6 Å². The topological polar surface area (TPSA) is 80.7 Å². The molecule has 98 valence electrons. The Labute approximate surface area is 118 Å². The second kappa shape index (κ2) is 5.18. The van der Waals surface area contributed by atoms with Crippen LogP contribution in [0.1, 0.15) is 10.5 Å². The summed E-state index contributed by atoms with van der Waals surface area (Å²) >= 11 is 5.62. The number of rotatable bonds is 2. The van der Waals surface area contributed by atoms with Crippen molar-refractivity contribution in [2.24, 2.45) is 0 Å². The Bertz CT molecular complexity index is 775. The molecule has 0 bridgehead atoms. The van der Waals surface area contributed by atoms with E-state index in [1.807, 2.05) is 0 Å². The summed E-state index contributed by atoms with van der Waals surface area (Å²) in [6, 6.07) is 5.27. The van der Waals surface area contributed by atoms with Crippen LogP contribution in [0, 0.1) is 0 Å². The molecule has 3 rings (SSSR count). The summed E-state index contributed by atoms with van der Waals surface area (Å²) in [5, 5.41) is 2.96. The van der Waals surface area contributed by atoms with Crippen molar-refractivity contribution < 1.29 is 4.79 Å². The smallest absolute Gasteiger partial charge is 0.275 e. The molecular weight excluding hydrogens is 278 g/mol. The summed E-state index contributed by atoms with van der Waals surface area (Å²) < 4.78 is 0. The highest BCUT2D eigenvalue weighted by atomic mass is 35.5. The van der Waals surface area contributed by atoms with Gasteiger partial charge >= 0.3 is 0 Å². The molecule has 0 aliphatic carbocycles. The molecule has 0 radical (unpaired) electrons. The fourth-order valence-corrected chi connectivity index (χ4v) is 1.76. The van der Waals surface area contributed by atoms with Crippen LogP contribution < -0.4 is 5.32 Å². The van der Waals surface area contributed by atoms with Gasteiger partial charge in [-0.2, -0.15) is 0 Å². The first-order valence-electron chi connectivity index (χ1n) is 5.72. The second-order valence-electron chi connectivity index (χ2n) is 3.94. The third-order valence-electron chi connectivity index (χ3n) is 2.58. The standard InChI is InChI=1S/C13H8ClN5O/c14-12-7-17-11(6-18-12)13(20)19-8-1-2-9-10(5-8)16-4-3-15-9/h1-7H,(H,19,20). The molecule has 1 aromatic carbocycles. The van der Waals surface area contributed by atoms with Crippen molar-refractivity contribution in [3.8, 4) is 0 Å². The highest BCUT2D eigenvalue weighted by Crippen LogP contribution is 2.15. The van der Waals surface area contributed by atoms with Gasteiger partial charge in [-0.3, -0.25) is 14.8 Å². The zero-order chi connectivity index (χ0) is 13.9. The van der Waals surface area contributed by atoms with E-state index in [0.29, 0.717) is 11.2 Å². The van der Waals surface area contributed by atoms with E-state index in [0.717, 1.165) is 5.52 Å². The van der Waals surface area contributed by atoms with E-state index in [9.17, 15) is 4.79 Å². The van der Waals surface area contributed by atoms with Crippen LogP contribution in [-0.4, -0.2) is 25.8 Å². The summed E-state index contributed by atoms with van der Waals surface area (Å²) in [6.07, 6.45) is 5.85. The summed E-state index contributed by atoms with van der Waals surface area (Å²) in [7, 11) is 0. The second-order valence-corrected chi connectivity index (χ2v) is 4.33. The molecule has 0 saturated carbocycles. The zero-order valence-electron chi connectivity index (χ0n) is 10.1. The zero-order valence-corrected chi connectivity index (χ0v) is 10.9. The minimum Gasteiger partial charge on any atom is -0.321 e. The first-order chi connectivity index (χ1) is 9.72. The molecule has 1 amide bonds. The van der Waals surface area contributed by atoms with E-state index in [1.165, 1.54) is 12.4 Å². The molecule has 7 heteroatoms. The Morgan fingerprint density at radius 2 is 1.80 bits per heavy atom. The SMILES string of the molecule is O=C(Nc1ccc2nccnc2c1)c1cnc(Cl)cn1. The number of nitrogens with one attached hydrogen (secondary N) is 1. The average Bonchev–Trinajstić information content (AvgIpc) is 2.48. The van der Waals surface area contributed by atoms with Crippen molar-refractivity contribution in [1.82, 2.24) is 19.9 Å². The molecule has 0 spiro atoms. The van der Waals surface area contributed by atoms with Gasteiger partial charge in [0.1, 0.15) is 10.8 Å². The first kappa shape index (κ1) is 12.4. The lowest BCUT2D eigenvalue weighted by atomic mass is 10.2. The number of anilines is 1. The number of amides is 1. The van der Waals surface area contributed by atoms with Gasteiger partial charge in [0, 0.05) is 18.1 Å². The predicted octanol–water partition coefficient (Wildman–Crippen LogP) is 2.33. The summed E-state index contributed by atoms with van der Waals surface area (Å²) in [4.78, 5) is 28.0. The van der Waals surface area contributed by atoms with Crippen LogP contribution in [0.3, 0.4) is 0 Å². The van der Waals surface area contributed by atoms with Crippen LogP contribution in [0.5, 0.6) is 0 Å². The largest absolute Gasteiger partial charge is 0.321 e.